The predicted molar refractivity (Wildman–Crippen MR) is 71.5 cm³/mol. The van der Waals surface area contributed by atoms with Crippen LogP contribution in [-0.4, -0.2) is 28.4 Å². The molecule has 0 saturated carbocycles. The molecule has 2 atom stereocenters. The predicted octanol–water partition coefficient (Wildman–Crippen LogP) is 2.46. The zero-order chi connectivity index (χ0) is 13.8. The van der Waals surface area contributed by atoms with E-state index in [0.717, 1.165) is 18.4 Å². The molecule has 2 rings (SSSR count). The summed E-state index contributed by atoms with van der Waals surface area (Å²) < 4.78 is 0. The number of carboxylic acid groups (broad SMARTS) is 1. The van der Waals surface area contributed by atoms with E-state index in [-0.39, 0.29) is 18.4 Å². The van der Waals surface area contributed by atoms with Crippen molar-refractivity contribution in [1.82, 2.24) is 4.90 Å². The number of aliphatic carboxylic acids is 1. The molecule has 1 aliphatic rings. The minimum absolute atomic E-state index is 0.0466. The third-order valence-electron chi connectivity index (χ3n) is 3.64. The number of carbonyl (C=O) groups excluding carboxylic acids is 1. The number of nitrogens with zero attached hydrogens (tertiary/aromatic N) is 1. The van der Waals surface area contributed by atoms with Gasteiger partial charge in [-0.3, -0.25) is 9.59 Å². The maximum absolute atomic E-state index is 12.0. The molecule has 4 heteroatoms. The van der Waals surface area contributed by atoms with Gasteiger partial charge in [0.15, 0.2) is 0 Å². The van der Waals surface area contributed by atoms with Crippen molar-refractivity contribution in [2.75, 3.05) is 6.54 Å². The first kappa shape index (κ1) is 13.6. The molecule has 0 bridgehead atoms. The first-order chi connectivity index (χ1) is 9.15. The first-order valence-electron chi connectivity index (χ1n) is 6.72. The molecule has 0 radical (unpaired) electrons. The van der Waals surface area contributed by atoms with Crippen LogP contribution >= 0.6 is 0 Å². The molecule has 1 aromatic rings. The molecule has 1 N–H and O–H groups in total. The van der Waals surface area contributed by atoms with Gasteiger partial charge in [0.2, 0.25) is 5.91 Å². The van der Waals surface area contributed by atoms with E-state index in [2.05, 4.69) is 6.92 Å². The Kier molecular flexibility index (Phi) is 4.20. The molecule has 19 heavy (non-hydrogen) atoms. The average molecular weight is 261 g/mol. The maximum atomic E-state index is 12.0. The maximum Gasteiger partial charge on any atom is 0.309 e. The van der Waals surface area contributed by atoms with Crippen molar-refractivity contribution < 1.29 is 14.7 Å². The van der Waals surface area contributed by atoms with E-state index in [0.29, 0.717) is 6.54 Å². The summed E-state index contributed by atoms with van der Waals surface area (Å²) in [5.41, 5.74) is 0.914. The van der Waals surface area contributed by atoms with Crippen LogP contribution in [-0.2, 0) is 9.59 Å². The van der Waals surface area contributed by atoms with Crippen molar-refractivity contribution in [2.45, 2.75) is 32.2 Å². The third-order valence-corrected chi connectivity index (χ3v) is 3.64. The highest BCUT2D eigenvalue weighted by atomic mass is 16.4. The van der Waals surface area contributed by atoms with Crippen LogP contribution < -0.4 is 0 Å². The Morgan fingerprint density at radius 3 is 2.63 bits per heavy atom. The van der Waals surface area contributed by atoms with Gasteiger partial charge in [0, 0.05) is 13.0 Å². The van der Waals surface area contributed by atoms with E-state index in [4.69, 9.17) is 0 Å². The standard InChI is InChI=1S/C15H19NO3/c1-2-3-9-16-13(17)10-12(15(18)19)14(16)11-7-5-4-6-8-11/h4-8,12,14H,2-3,9-10H2,1H3,(H,18,19)/t12-,14+/m0/s1. The molecular weight excluding hydrogens is 242 g/mol. The lowest BCUT2D eigenvalue weighted by atomic mass is 9.94. The van der Waals surface area contributed by atoms with Gasteiger partial charge in [-0.1, -0.05) is 43.7 Å². The topological polar surface area (TPSA) is 57.6 Å². The second kappa shape index (κ2) is 5.87. The minimum atomic E-state index is -0.888. The molecule has 0 spiro atoms. The lowest BCUT2D eigenvalue weighted by Crippen LogP contribution is -2.31. The quantitative estimate of drug-likeness (QED) is 0.885. The van der Waals surface area contributed by atoms with Gasteiger partial charge in [0.25, 0.3) is 0 Å². The average Bonchev–Trinajstić information content (AvgIpc) is 2.74. The fourth-order valence-electron chi connectivity index (χ4n) is 2.67. The number of rotatable bonds is 5. The Balaban J connectivity index is 2.30. The summed E-state index contributed by atoms with van der Waals surface area (Å²) in [7, 11) is 0. The van der Waals surface area contributed by atoms with E-state index in [1.54, 1.807) is 4.90 Å². The summed E-state index contributed by atoms with van der Waals surface area (Å²) in [5.74, 6) is -1.57. The highest BCUT2D eigenvalue weighted by Gasteiger charge is 2.44. The van der Waals surface area contributed by atoms with Crippen LogP contribution in [0.2, 0.25) is 0 Å². The van der Waals surface area contributed by atoms with Crippen molar-refractivity contribution in [2.24, 2.45) is 5.92 Å². The van der Waals surface area contributed by atoms with Crippen LogP contribution in [0.5, 0.6) is 0 Å². The Morgan fingerprint density at radius 2 is 2.05 bits per heavy atom. The summed E-state index contributed by atoms with van der Waals surface area (Å²) in [5, 5.41) is 9.33. The number of unbranched alkanes of at least 4 members (excludes halogenated alkanes) is 1. The minimum Gasteiger partial charge on any atom is -0.481 e. The Labute approximate surface area is 113 Å². The second-order valence-corrected chi connectivity index (χ2v) is 4.95. The number of carboxylic acids is 1. The summed E-state index contributed by atoms with van der Waals surface area (Å²) >= 11 is 0. The smallest absolute Gasteiger partial charge is 0.309 e. The van der Waals surface area contributed by atoms with Crippen LogP contribution in [0.1, 0.15) is 37.8 Å². The van der Waals surface area contributed by atoms with E-state index in [1.807, 2.05) is 30.3 Å². The number of benzene rings is 1. The summed E-state index contributed by atoms with van der Waals surface area (Å²) in [6.07, 6.45) is 2.00. The fraction of sp³-hybridized carbons (Fsp3) is 0.467. The Bertz CT molecular complexity index is 458. The molecule has 4 nitrogen and oxygen atoms in total. The van der Waals surface area contributed by atoms with Crippen LogP contribution in [0.3, 0.4) is 0 Å². The van der Waals surface area contributed by atoms with Gasteiger partial charge in [-0.15, -0.1) is 0 Å². The molecule has 1 amide bonds. The Hall–Kier alpha value is -1.84. The van der Waals surface area contributed by atoms with E-state index < -0.39 is 11.9 Å². The van der Waals surface area contributed by atoms with Crippen molar-refractivity contribution in [3.05, 3.63) is 35.9 Å². The lowest BCUT2D eigenvalue weighted by molar-refractivity contribution is -0.142. The van der Waals surface area contributed by atoms with Crippen molar-refractivity contribution in [3.63, 3.8) is 0 Å². The van der Waals surface area contributed by atoms with E-state index >= 15 is 0 Å². The summed E-state index contributed by atoms with van der Waals surface area (Å²) in [6, 6.07) is 9.14. The highest BCUT2D eigenvalue weighted by Crippen LogP contribution is 2.38. The van der Waals surface area contributed by atoms with Gasteiger partial charge in [0.1, 0.15) is 0 Å². The van der Waals surface area contributed by atoms with Crippen LogP contribution in [0, 0.1) is 5.92 Å². The lowest BCUT2D eigenvalue weighted by Gasteiger charge is -2.27. The molecule has 1 fully saturated rings. The highest BCUT2D eigenvalue weighted by molar-refractivity contribution is 5.87. The summed E-state index contributed by atoms with van der Waals surface area (Å²) in [6.45, 7) is 2.70. The molecule has 1 saturated heterocycles. The van der Waals surface area contributed by atoms with Gasteiger partial charge in [-0.05, 0) is 12.0 Å². The van der Waals surface area contributed by atoms with Gasteiger partial charge in [0.05, 0.1) is 12.0 Å². The fourth-order valence-corrected chi connectivity index (χ4v) is 2.67. The number of carbonyl (C=O) groups is 2. The second-order valence-electron chi connectivity index (χ2n) is 4.95. The number of hydrogen-bond donors (Lipinski definition) is 1. The van der Waals surface area contributed by atoms with E-state index in [9.17, 15) is 14.7 Å². The molecule has 1 aliphatic heterocycles. The Morgan fingerprint density at radius 1 is 1.37 bits per heavy atom. The number of hydrogen-bond acceptors (Lipinski definition) is 2. The van der Waals surface area contributed by atoms with Gasteiger partial charge in [-0.25, -0.2) is 0 Å². The monoisotopic (exact) mass is 261 g/mol. The molecule has 1 aromatic carbocycles. The summed E-state index contributed by atoms with van der Waals surface area (Å²) in [4.78, 5) is 25.1. The largest absolute Gasteiger partial charge is 0.481 e. The zero-order valence-electron chi connectivity index (χ0n) is 11.1. The molecule has 102 valence electrons. The van der Waals surface area contributed by atoms with E-state index in [1.165, 1.54) is 0 Å². The van der Waals surface area contributed by atoms with Gasteiger partial charge in [-0.2, -0.15) is 0 Å². The molecular formula is C15H19NO3. The first-order valence-corrected chi connectivity index (χ1v) is 6.72. The van der Waals surface area contributed by atoms with Gasteiger partial charge >= 0.3 is 5.97 Å². The molecule has 1 heterocycles. The van der Waals surface area contributed by atoms with Crippen LogP contribution in [0.4, 0.5) is 0 Å². The van der Waals surface area contributed by atoms with Crippen molar-refractivity contribution in [1.29, 1.82) is 0 Å². The normalized spacial score (nSPS) is 22.8. The number of amides is 1. The number of likely N-dealkylation sites (tertiary alicyclic amines) is 1. The zero-order valence-corrected chi connectivity index (χ0v) is 11.1. The third kappa shape index (κ3) is 2.78. The molecule has 0 aliphatic carbocycles. The van der Waals surface area contributed by atoms with Crippen LogP contribution in [0.15, 0.2) is 30.3 Å². The molecule has 0 unspecified atom stereocenters. The SMILES string of the molecule is CCCCN1C(=O)C[C@H](C(=O)O)[C@H]1c1ccccc1. The van der Waals surface area contributed by atoms with Crippen molar-refractivity contribution in [3.8, 4) is 0 Å². The van der Waals surface area contributed by atoms with Crippen LogP contribution in [0.25, 0.3) is 0 Å². The van der Waals surface area contributed by atoms with Crippen molar-refractivity contribution >= 4 is 11.9 Å². The molecule has 0 aromatic heterocycles. The van der Waals surface area contributed by atoms with Gasteiger partial charge < -0.3 is 10.0 Å².